The van der Waals surface area contributed by atoms with E-state index in [0.717, 1.165) is 25.7 Å². The summed E-state index contributed by atoms with van der Waals surface area (Å²) in [7, 11) is 0. The van der Waals surface area contributed by atoms with Gasteiger partial charge in [0.15, 0.2) is 0 Å². The zero-order valence-electron chi connectivity index (χ0n) is 14.8. The van der Waals surface area contributed by atoms with Gasteiger partial charge in [0.05, 0.1) is 12.2 Å². The van der Waals surface area contributed by atoms with Crippen molar-refractivity contribution in [1.29, 1.82) is 0 Å². The highest BCUT2D eigenvalue weighted by Gasteiger charge is 2.34. The largest absolute Gasteiger partial charge is 0.493 e. The molecule has 0 spiro atoms. The SMILES string of the molecule is CCCc1c(OCCCCCCN)ccc2c(C(F)(F)F)cc(=O)oc12. The second-order valence-corrected chi connectivity index (χ2v) is 6.20. The molecular weight excluding hydrogens is 347 g/mol. The molecule has 1 aromatic carbocycles. The minimum Gasteiger partial charge on any atom is -0.493 e. The standard InChI is InChI=1S/C19H24F3NO3/c1-2-7-14-16(25-11-6-4-3-5-10-23)9-8-13-15(19(20,21)22)12-17(24)26-18(13)14/h8-9,12H,2-7,10-11,23H2,1H3. The molecule has 2 N–H and O–H groups in total. The number of fused-ring (bicyclic) bond motifs is 1. The summed E-state index contributed by atoms with van der Waals surface area (Å²) in [5.74, 6) is 0.473. The Morgan fingerprint density at radius 3 is 2.54 bits per heavy atom. The van der Waals surface area contributed by atoms with Crippen molar-refractivity contribution in [3.8, 4) is 5.75 Å². The summed E-state index contributed by atoms with van der Waals surface area (Å²) in [6.07, 6.45) is 0.308. The summed E-state index contributed by atoms with van der Waals surface area (Å²) in [5.41, 5.74) is 3.93. The third-order valence-electron chi connectivity index (χ3n) is 4.13. The first-order valence-electron chi connectivity index (χ1n) is 8.88. The summed E-state index contributed by atoms with van der Waals surface area (Å²) < 4.78 is 50.6. The maximum Gasteiger partial charge on any atom is 0.417 e. The summed E-state index contributed by atoms with van der Waals surface area (Å²) in [6.45, 7) is 3.02. The first-order chi connectivity index (χ1) is 12.4. The lowest BCUT2D eigenvalue weighted by Gasteiger charge is -2.15. The number of halogens is 3. The molecule has 0 aliphatic heterocycles. The summed E-state index contributed by atoms with van der Waals surface area (Å²) >= 11 is 0. The Hall–Kier alpha value is -2.02. The van der Waals surface area contributed by atoms with Crippen molar-refractivity contribution in [1.82, 2.24) is 0 Å². The zero-order valence-corrected chi connectivity index (χ0v) is 14.8. The van der Waals surface area contributed by atoms with Crippen molar-refractivity contribution in [3.05, 3.63) is 39.7 Å². The molecule has 1 heterocycles. The van der Waals surface area contributed by atoms with Crippen LogP contribution in [0.25, 0.3) is 11.0 Å². The van der Waals surface area contributed by atoms with Crippen molar-refractivity contribution < 1.29 is 22.3 Å². The van der Waals surface area contributed by atoms with Crippen LogP contribution >= 0.6 is 0 Å². The topological polar surface area (TPSA) is 65.5 Å². The van der Waals surface area contributed by atoms with E-state index in [1.54, 1.807) is 0 Å². The van der Waals surface area contributed by atoms with Crippen LogP contribution in [0.4, 0.5) is 13.2 Å². The minimum absolute atomic E-state index is 0.0349. The fourth-order valence-electron chi connectivity index (χ4n) is 2.90. The molecule has 0 bridgehead atoms. The van der Waals surface area contributed by atoms with E-state index in [0.29, 0.717) is 43.4 Å². The highest BCUT2D eigenvalue weighted by molar-refractivity contribution is 5.85. The van der Waals surface area contributed by atoms with Crippen LogP contribution < -0.4 is 16.1 Å². The van der Waals surface area contributed by atoms with Gasteiger partial charge in [-0.1, -0.05) is 26.2 Å². The van der Waals surface area contributed by atoms with Crippen molar-refractivity contribution >= 4 is 11.0 Å². The van der Waals surface area contributed by atoms with E-state index < -0.39 is 17.4 Å². The highest BCUT2D eigenvalue weighted by atomic mass is 19.4. The number of benzene rings is 1. The van der Waals surface area contributed by atoms with E-state index in [4.69, 9.17) is 14.9 Å². The second-order valence-electron chi connectivity index (χ2n) is 6.20. The first kappa shape index (κ1) is 20.3. The van der Waals surface area contributed by atoms with Gasteiger partial charge in [0.2, 0.25) is 0 Å². The van der Waals surface area contributed by atoms with Crippen LogP contribution in [0.3, 0.4) is 0 Å². The molecule has 2 rings (SSSR count). The number of nitrogens with two attached hydrogens (primary N) is 1. The van der Waals surface area contributed by atoms with Crippen LogP contribution in [0, 0.1) is 0 Å². The van der Waals surface area contributed by atoms with Gasteiger partial charge in [0.1, 0.15) is 11.3 Å². The maximum absolute atomic E-state index is 13.2. The van der Waals surface area contributed by atoms with Crippen molar-refractivity contribution in [3.63, 3.8) is 0 Å². The fourth-order valence-corrected chi connectivity index (χ4v) is 2.90. The van der Waals surface area contributed by atoms with Gasteiger partial charge in [-0.05, 0) is 37.9 Å². The lowest BCUT2D eigenvalue weighted by atomic mass is 10.0. The number of aryl methyl sites for hydroxylation is 1. The average molecular weight is 371 g/mol. The third-order valence-corrected chi connectivity index (χ3v) is 4.13. The maximum atomic E-state index is 13.2. The molecule has 7 heteroatoms. The summed E-state index contributed by atoms with van der Waals surface area (Å²) in [5, 5.41) is -0.115. The zero-order chi connectivity index (χ0) is 19.2. The molecule has 1 aromatic heterocycles. The Labute approximate surface area is 150 Å². The van der Waals surface area contributed by atoms with Crippen LogP contribution in [0.2, 0.25) is 0 Å². The Morgan fingerprint density at radius 1 is 1.15 bits per heavy atom. The van der Waals surface area contributed by atoms with Gasteiger partial charge in [0.25, 0.3) is 0 Å². The molecule has 144 valence electrons. The van der Waals surface area contributed by atoms with Gasteiger partial charge < -0.3 is 14.9 Å². The Bertz CT molecular complexity index is 784. The van der Waals surface area contributed by atoms with Crippen molar-refractivity contribution in [2.45, 2.75) is 51.6 Å². The normalized spacial score (nSPS) is 11.9. The van der Waals surface area contributed by atoms with Gasteiger partial charge >= 0.3 is 11.8 Å². The third kappa shape index (κ3) is 5.00. The summed E-state index contributed by atoms with van der Waals surface area (Å²) in [6, 6.07) is 3.34. The minimum atomic E-state index is -4.62. The number of hydrogen-bond donors (Lipinski definition) is 1. The van der Waals surface area contributed by atoms with E-state index in [-0.39, 0.29) is 11.0 Å². The van der Waals surface area contributed by atoms with E-state index in [9.17, 15) is 18.0 Å². The van der Waals surface area contributed by atoms with Gasteiger partial charge in [0, 0.05) is 17.0 Å². The van der Waals surface area contributed by atoms with E-state index in [1.165, 1.54) is 12.1 Å². The van der Waals surface area contributed by atoms with E-state index >= 15 is 0 Å². The predicted octanol–water partition coefficient (Wildman–Crippen LogP) is 4.66. The fraction of sp³-hybridized carbons (Fsp3) is 0.526. The van der Waals surface area contributed by atoms with Crippen LogP contribution in [0.5, 0.6) is 5.75 Å². The molecular formula is C19H24F3NO3. The Kier molecular flexibility index (Phi) is 7.08. The second kappa shape index (κ2) is 9.07. The number of rotatable bonds is 9. The number of unbranched alkanes of at least 4 members (excludes halogenated alkanes) is 3. The molecule has 0 unspecified atom stereocenters. The Balaban J connectivity index is 2.34. The molecule has 4 nitrogen and oxygen atoms in total. The molecule has 0 saturated heterocycles. The monoisotopic (exact) mass is 371 g/mol. The first-order valence-corrected chi connectivity index (χ1v) is 8.88. The molecule has 0 aliphatic carbocycles. The highest BCUT2D eigenvalue weighted by Crippen LogP contribution is 2.37. The van der Waals surface area contributed by atoms with Crippen molar-refractivity contribution in [2.75, 3.05) is 13.2 Å². The van der Waals surface area contributed by atoms with E-state index in [1.807, 2.05) is 6.92 Å². The average Bonchev–Trinajstić information content (AvgIpc) is 2.58. The molecule has 0 amide bonds. The summed E-state index contributed by atoms with van der Waals surface area (Å²) in [4.78, 5) is 11.7. The lowest BCUT2D eigenvalue weighted by molar-refractivity contribution is -0.136. The molecule has 0 radical (unpaired) electrons. The van der Waals surface area contributed by atoms with Gasteiger partial charge in [-0.25, -0.2) is 4.79 Å². The number of ether oxygens (including phenoxy) is 1. The van der Waals surface area contributed by atoms with Crippen LogP contribution in [0.1, 0.15) is 50.2 Å². The predicted molar refractivity (Wildman–Crippen MR) is 94.5 cm³/mol. The van der Waals surface area contributed by atoms with Gasteiger partial charge in [-0.3, -0.25) is 0 Å². The van der Waals surface area contributed by atoms with Crippen LogP contribution in [0.15, 0.2) is 27.4 Å². The quantitative estimate of drug-likeness (QED) is 0.514. The molecule has 0 fully saturated rings. The lowest BCUT2D eigenvalue weighted by Crippen LogP contribution is -2.12. The molecule has 0 saturated carbocycles. The smallest absolute Gasteiger partial charge is 0.417 e. The number of alkyl halides is 3. The number of hydrogen-bond acceptors (Lipinski definition) is 4. The van der Waals surface area contributed by atoms with Crippen molar-refractivity contribution in [2.24, 2.45) is 5.73 Å². The van der Waals surface area contributed by atoms with Gasteiger partial charge in [-0.15, -0.1) is 0 Å². The van der Waals surface area contributed by atoms with E-state index in [2.05, 4.69) is 0 Å². The molecule has 2 aromatic rings. The molecule has 0 atom stereocenters. The van der Waals surface area contributed by atoms with Gasteiger partial charge in [-0.2, -0.15) is 13.2 Å². The Morgan fingerprint density at radius 2 is 1.88 bits per heavy atom. The molecule has 0 aliphatic rings. The molecule has 26 heavy (non-hydrogen) atoms. The van der Waals surface area contributed by atoms with Crippen LogP contribution in [-0.2, 0) is 12.6 Å². The van der Waals surface area contributed by atoms with Crippen LogP contribution in [-0.4, -0.2) is 13.2 Å².